The Morgan fingerprint density at radius 1 is 1.21 bits per heavy atom. The molecule has 0 atom stereocenters. The average Bonchev–Trinajstić information content (AvgIpc) is 2.43. The lowest BCUT2D eigenvalue weighted by atomic mass is 9.80. The first kappa shape index (κ1) is 18.5. The number of aliphatic imine (C=N–C) groups is 1. The summed E-state index contributed by atoms with van der Waals surface area (Å²) in [6.45, 7) is 8.58. The van der Waals surface area contributed by atoms with Gasteiger partial charge in [0, 0.05) is 13.1 Å². The molecule has 0 aromatic rings. The molecule has 0 radical (unpaired) electrons. The van der Waals surface area contributed by atoms with Crippen LogP contribution in [0.3, 0.4) is 0 Å². The van der Waals surface area contributed by atoms with Crippen molar-refractivity contribution < 1.29 is 4.79 Å². The topological polar surface area (TPSA) is 41.5 Å². The molecular formula is C15H30N2OS. The maximum atomic E-state index is 11.8. The van der Waals surface area contributed by atoms with E-state index in [1.807, 2.05) is 20.1 Å². The van der Waals surface area contributed by atoms with Crippen molar-refractivity contribution in [3.63, 3.8) is 0 Å². The highest BCUT2D eigenvalue weighted by atomic mass is 32.2. The Balaban J connectivity index is 0.00000154. The number of amides is 1. The van der Waals surface area contributed by atoms with E-state index in [4.69, 9.17) is 0 Å². The molecule has 0 aromatic carbocycles. The van der Waals surface area contributed by atoms with E-state index in [9.17, 15) is 4.79 Å². The molecule has 19 heavy (non-hydrogen) atoms. The Hall–Kier alpha value is -0.510. The lowest BCUT2D eigenvalue weighted by Crippen LogP contribution is -2.40. The van der Waals surface area contributed by atoms with Gasteiger partial charge in [0.15, 0.2) is 5.04 Å². The van der Waals surface area contributed by atoms with Crippen molar-refractivity contribution in [2.24, 2.45) is 16.8 Å². The van der Waals surface area contributed by atoms with E-state index in [0.29, 0.717) is 11.1 Å². The van der Waals surface area contributed by atoms with E-state index in [0.717, 1.165) is 24.7 Å². The van der Waals surface area contributed by atoms with Crippen LogP contribution in [0.2, 0.25) is 0 Å². The zero-order chi connectivity index (χ0) is 14.8. The van der Waals surface area contributed by atoms with Gasteiger partial charge in [-0.15, -0.1) is 11.8 Å². The minimum absolute atomic E-state index is 0.00648. The van der Waals surface area contributed by atoms with Crippen molar-refractivity contribution in [2.45, 2.75) is 59.4 Å². The second-order valence-corrected chi connectivity index (χ2v) is 5.86. The quantitative estimate of drug-likeness (QED) is 0.620. The minimum atomic E-state index is -0.00648. The Kier molecular flexibility index (Phi) is 10.0. The van der Waals surface area contributed by atoms with Crippen LogP contribution in [-0.4, -0.2) is 30.3 Å². The van der Waals surface area contributed by atoms with Gasteiger partial charge < -0.3 is 5.32 Å². The molecule has 1 aliphatic carbocycles. The van der Waals surface area contributed by atoms with Crippen LogP contribution in [0.15, 0.2) is 4.99 Å². The van der Waals surface area contributed by atoms with Gasteiger partial charge >= 0.3 is 0 Å². The fourth-order valence-corrected chi connectivity index (χ4v) is 2.89. The molecule has 0 aromatic heterocycles. The monoisotopic (exact) mass is 286 g/mol. The summed E-state index contributed by atoms with van der Waals surface area (Å²) in [4.78, 5) is 15.8. The summed E-state index contributed by atoms with van der Waals surface area (Å²) in [5, 5.41) is 3.67. The third-order valence-electron chi connectivity index (χ3n) is 3.64. The lowest BCUT2D eigenvalue weighted by molar-refractivity contribution is -0.115. The van der Waals surface area contributed by atoms with Gasteiger partial charge in [0.1, 0.15) is 0 Å². The Morgan fingerprint density at radius 2 is 1.74 bits per heavy atom. The average molecular weight is 286 g/mol. The Labute approximate surface area is 123 Å². The van der Waals surface area contributed by atoms with E-state index in [-0.39, 0.29) is 5.91 Å². The third kappa shape index (κ3) is 6.46. The van der Waals surface area contributed by atoms with E-state index in [2.05, 4.69) is 24.2 Å². The van der Waals surface area contributed by atoms with Gasteiger partial charge in [0.2, 0.25) is 0 Å². The first-order valence-corrected chi connectivity index (χ1v) is 8.62. The fourth-order valence-electron chi connectivity index (χ4n) is 2.46. The largest absolute Gasteiger partial charge is 0.348 e. The number of nitrogens with zero attached hydrogens (tertiary/aromatic N) is 1. The first-order chi connectivity index (χ1) is 9.08. The molecule has 1 saturated carbocycles. The number of rotatable bonds is 2. The maximum Gasteiger partial charge on any atom is 0.276 e. The van der Waals surface area contributed by atoms with Crippen molar-refractivity contribution in [3.8, 4) is 0 Å². The molecule has 4 heteroatoms. The SMILES string of the molecule is CC.CN=C(SC)C(=O)NC1CCC(C(C)C)CC1. The maximum absolute atomic E-state index is 11.8. The summed E-state index contributed by atoms with van der Waals surface area (Å²) in [5.41, 5.74) is 0. The van der Waals surface area contributed by atoms with Crippen molar-refractivity contribution in [1.82, 2.24) is 5.32 Å². The van der Waals surface area contributed by atoms with Crippen molar-refractivity contribution in [1.29, 1.82) is 0 Å². The van der Waals surface area contributed by atoms with E-state index in [1.54, 1.807) is 7.05 Å². The van der Waals surface area contributed by atoms with E-state index in [1.165, 1.54) is 24.6 Å². The molecule has 1 N–H and O–H groups in total. The summed E-state index contributed by atoms with van der Waals surface area (Å²) in [7, 11) is 1.67. The molecule has 0 heterocycles. The highest BCUT2D eigenvalue weighted by Gasteiger charge is 2.24. The molecular weight excluding hydrogens is 256 g/mol. The number of carbonyl (C=O) groups is 1. The van der Waals surface area contributed by atoms with Crippen LogP contribution in [0.4, 0.5) is 0 Å². The molecule has 0 spiro atoms. The smallest absolute Gasteiger partial charge is 0.276 e. The Bertz CT molecular complexity index is 282. The molecule has 0 bridgehead atoms. The van der Waals surface area contributed by atoms with Gasteiger partial charge in [-0.3, -0.25) is 9.79 Å². The van der Waals surface area contributed by atoms with Crippen LogP contribution in [-0.2, 0) is 4.79 Å². The molecule has 0 saturated heterocycles. The van der Waals surface area contributed by atoms with Crippen LogP contribution in [0.25, 0.3) is 0 Å². The van der Waals surface area contributed by atoms with Crippen LogP contribution >= 0.6 is 11.8 Å². The van der Waals surface area contributed by atoms with Crippen molar-refractivity contribution in [2.75, 3.05) is 13.3 Å². The standard InChI is InChI=1S/C13H24N2OS.C2H6/c1-9(2)10-5-7-11(8-6-10)15-12(16)13(14-3)17-4;1-2/h9-11H,5-8H2,1-4H3,(H,15,16);1-2H3. The van der Waals surface area contributed by atoms with Gasteiger partial charge in [-0.2, -0.15) is 0 Å². The van der Waals surface area contributed by atoms with Crippen molar-refractivity contribution in [3.05, 3.63) is 0 Å². The van der Waals surface area contributed by atoms with Gasteiger partial charge in [-0.05, 0) is 43.8 Å². The molecule has 1 aliphatic rings. The van der Waals surface area contributed by atoms with E-state index >= 15 is 0 Å². The third-order valence-corrected chi connectivity index (χ3v) is 4.40. The predicted molar refractivity (Wildman–Crippen MR) is 86.9 cm³/mol. The second-order valence-electron chi connectivity index (χ2n) is 5.06. The molecule has 1 amide bonds. The zero-order valence-corrected chi connectivity index (χ0v) is 14.1. The van der Waals surface area contributed by atoms with Gasteiger partial charge in [-0.25, -0.2) is 0 Å². The van der Waals surface area contributed by atoms with Gasteiger partial charge in [0.05, 0.1) is 0 Å². The summed E-state index contributed by atoms with van der Waals surface area (Å²) in [5.74, 6) is 1.60. The molecule has 112 valence electrons. The first-order valence-electron chi connectivity index (χ1n) is 7.40. The highest BCUT2D eigenvalue weighted by molar-refractivity contribution is 8.15. The molecule has 1 fully saturated rings. The molecule has 0 unspecified atom stereocenters. The summed E-state index contributed by atoms with van der Waals surface area (Å²) >= 11 is 1.41. The van der Waals surface area contributed by atoms with Gasteiger partial charge in [-0.1, -0.05) is 27.7 Å². The number of carbonyl (C=O) groups excluding carboxylic acids is 1. The van der Waals surface area contributed by atoms with Crippen LogP contribution in [0, 0.1) is 11.8 Å². The number of hydrogen-bond donors (Lipinski definition) is 1. The Morgan fingerprint density at radius 3 is 2.11 bits per heavy atom. The summed E-state index contributed by atoms with van der Waals surface area (Å²) < 4.78 is 0. The van der Waals surface area contributed by atoms with Crippen molar-refractivity contribution >= 4 is 22.7 Å². The normalized spacial score (nSPS) is 23.6. The lowest BCUT2D eigenvalue weighted by Gasteiger charge is -2.31. The zero-order valence-electron chi connectivity index (χ0n) is 13.3. The summed E-state index contributed by atoms with van der Waals surface area (Å²) in [6.07, 6.45) is 6.58. The highest BCUT2D eigenvalue weighted by Crippen LogP contribution is 2.29. The summed E-state index contributed by atoms with van der Waals surface area (Å²) in [6, 6.07) is 0.349. The predicted octanol–water partition coefficient (Wildman–Crippen LogP) is 3.73. The fraction of sp³-hybridized carbons (Fsp3) is 0.867. The van der Waals surface area contributed by atoms with Gasteiger partial charge in [0.25, 0.3) is 5.91 Å². The minimum Gasteiger partial charge on any atom is -0.348 e. The molecule has 0 aliphatic heterocycles. The number of thioether (sulfide) groups is 1. The molecule has 1 rings (SSSR count). The van der Waals surface area contributed by atoms with Crippen LogP contribution in [0.1, 0.15) is 53.4 Å². The van der Waals surface area contributed by atoms with E-state index < -0.39 is 0 Å². The second kappa shape index (κ2) is 10.3. The van der Waals surface area contributed by atoms with Crippen LogP contribution in [0.5, 0.6) is 0 Å². The number of hydrogen-bond acceptors (Lipinski definition) is 3. The molecule has 3 nitrogen and oxygen atoms in total. The van der Waals surface area contributed by atoms with Crippen LogP contribution < -0.4 is 5.32 Å². The number of nitrogens with one attached hydrogen (secondary N) is 1.